The zero-order chi connectivity index (χ0) is 69.5. The highest BCUT2D eigenvalue weighted by Crippen LogP contribution is 2.43. The molecule has 1 aliphatic rings. The summed E-state index contributed by atoms with van der Waals surface area (Å²) in [4.78, 5) is 151. The Morgan fingerprint density at radius 1 is 0.526 bits per heavy atom. The zero-order valence-corrected chi connectivity index (χ0v) is 53.6. The lowest BCUT2D eigenvalue weighted by molar-refractivity contribution is -0.143. The van der Waals surface area contributed by atoms with Crippen LogP contribution >= 0.6 is 15.6 Å². The van der Waals surface area contributed by atoms with E-state index in [2.05, 4.69) is 30.3 Å². The van der Waals surface area contributed by atoms with Crippen LogP contribution in [0.1, 0.15) is 105 Å². The number of benzene rings is 3. The number of para-hydroxylation sites is 1. The molecule has 522 valence electrons. The predicted octanol–water partition coefficient (Wildman–Crippen LogP) is 3.62. The SMILES string of the molecule is O=C(O)CC[C@H](NP(=O)(O)OCCC[C@H](NC(=O)CC[C@H](NC(=O)CCOCCOCCOCCOCCC(=O)CCC(=O)N1Cc2ccccc2-c2c([nH]n2CCCCCc2ccc(C(=O)N[C@@H](COP(=O)(O)O)C(=O)O)cc2)-c2ccccc21)C(=O)O)C(=O)O)C(=O)O. The van der Waals surface area contributed by atoms with Crippen LogP contribution in [-0.2, 0) is 99.8 Å². The number of nitrogens with zero attached hydrogens (tertiary/aromatic N) is 2. The molecule has 2 heterocycles. The van der Waals surface area contributed by atoms with Crippen molar-refractivity contribution in [3.05, 3.63) is 89.5 Å². The minimum Gasteiger partial charge on any atom is -0.481 e. The molecule has 1 unspecified atom stereocenters. The van der Waals surface area contributed by atoms with Gasteiger partial charge in [-0.15, -0.1) is 0 Å². The van der Waals surface area contributed by atoms with Gasteiger partial charge in [0.05, 0.1) is 89.7 Å². The quantitative estimate of drug-likeness (QED) is 0.0222. The van der Waals surface area contributed by atoms with Crippen LogP contribution in [0.2, 0.25) is 0 Å². The minimum atomic E-state index is -4.94. The number of phosphoric ester groups is 1. The van der Waals surface area contributed by atoms with E-state index in [1.165, 1.54) is 0 Å². The van der Waals surface area contributed by atoms with E-state index in [0.29, 0.717) is 12.2 Å². The monoisotopic (exact) mass is 1380 g/mol. The fourth-order valence-electron chi connectivity index (χ4n) is 9.60. The smallest absolute Gasteiger partial charge is 0.469 e. The van der Waals surface area contributed by atoms with E-state index in [9.17, 15) is 82.4 Å². The molecule has 0 radical (unpaired) electrons. The first-order chi connectivity index (χ1) is 45.2. The number of hydrogen-bond acceptors (Lipinski definition) is 18. The van der Waals surface area contributed by atoms with Crippen molar-refractivity contribution in [3.8, 4) is 22.5 Å². The molecule has 0 aliphatic carbocycles. The fourth-order valence-corrected chi connectivity index (χ4v) is 11.0. The number of aromatic nitrogens is 2. The largest absolute Gasteiger partial charge is 0.481 e. The Balaban J connectivity index is 0.907. The summed E-state index contributed by atoms with van der Waals surface area (Å²) in [5.41, 5.74) is 6.50. The van der Waals surface area contributed by atoms with Crippen molar-refractivity contribution in [3.63, 3.8) is 0 Å². The number of carboxylic acids is 5. The third-order valence-corrected chi connectivity index (χ3v) is 16.2. The molecule has 5 atom stereocenters. The number of ketones is 1. The van der Waals surface area contributed by atoms with Crippen LogP contribution in [0, 0.1) is 0 Å². The van der Waals surface area contributed by atoms with E-state index in [0.717, 1.165) is 59.3 Å². The highest BCUT2D eigenvalue weighted by atomic mass is 31.2. The van der Waals surface area contributed by atoms with E-state index in [1.54, 1.807) is 29.2 Å². The van der Waals surface area contributed by atoms with Gasteiger partial charge in [0.25, 0.3) is 5.91 Å². The topological polar surface area (TPSA) is 494 Å². The van der Waals surface area contributed by atoms with Gasteiger partial charge in [-0.3, -0.25) is 52.4 Å². The van der Waals surface area contributed by atoms with Crippen LogP contribution in [0.3, 0.4) is 0 Å². The van der Waals surface area contributed by atoms with Gasteiger partial charge < -0.3 is 80.0 Å². The van der Waals surface area contributed by atoms with Crippen LogP contribution in [0.15, 0.2) is 72.8 Å². The number of aryl methyl sites for hydroxylation is 2. The summed E-state index contributed by atoms with van der Waals surface area (Å²) in [7, 11) is -9.70. The molecule has 35 heteroatoms. The van der Waals surface area contributed by atoms with Crippen molar-refractivity contribution in [1.82, 2.24) is 30.8 Å². The number of hydrogen-bond donors (Lipinski definition) is 13. The first-order valence-corrected chi connectivity index (χ1v) is 33.5. The number of rotatable bonds is 48. The molecular formula is C60H81N7O26P2. The van der Waals surface area contributed by atoms with Crippen molar-refractivity contribution in [2.75, 3.05) is 71.0 Å². The van der Waals surface area contributed by atoms with Gasteiger partial charge in [0.2, 0.25) is 17.7 Å². The third-order valence-electron chi connectivity index (χ3n) is 14.5. The number of fused-ring (bicyclic) bond motifs is 5. The van der Waals surface area contributed by atoms with Gasteiger partial charge in [0.1, 0.15) is 23.9 Å². The maximum atomic E-state index is 14.0. The summed E-state index contributed by atoms with van der Waals surface area (Å²) in [6.45, 7) is 0.645. The number of ether oxygens (including phenoxy) is 4. The van der Waals surface area contributed by atoms with Crippen molar-refractivity contribution in [2.24, 2.45) is 0 Å². The van der Waals surface area contributed by atoms with Crippen LogP contribution in [0.5, 0.6) is 0 Å². The molecule has 4 aromatic rings. The van der Waals surface area contributed by atoms with Gasteiger partial charge in [-0.2, -0.15) is 0 Å². The van der Waals surface area contributed by atoms with E-state index in [1.807, 2.05) is 53.6 Å². The molecule has 0 saturated heterocycles. The van der Waals surface area contributed by atoms with Crippen LogP contribution in [-0.4, -0.2) is 199 Å². The summed E-state index contributed by atoms with van der Waals surface area (Å²) in [6.07, 6.45) is 0.571. The van der Waals surface area contributed by atoms with Gasteiger partial charge in [-0.05, 0) is 74.3 Å². The second kappa shape index (κ2) is 39.7. The highest BCUT2D eigenvalue weighted by Gasteiger charge is 2.33. The molecule has 1 aromatic heterocycles. The summed E-state index contributed by atoms with van der Waals surface area (Å²) < 4.78 is 56.3. The molecule has 0 spiro atoms. The van der Waals surface area contributed by atoms with E-state index < -0.39 is 126 Å². The first-order valence-electron chi connectivity index (χ1n) is 30.4. The van der Waals surface area contributed by atoms with Crippen molar-refractivity contribution in [2.45, 2.75) is 127 Å². The number of aromatic amines is 1. The minimum absolute atomic E-state index is 0.00925. The Labute approximate surface area is 544 Å². The van der Waals surface area contributed by atoms with Gasteiger partial charge in [-0.1, -0.05) is 61.0 Å². The predicted molar refractivity (Wildman–Crippen MR) is 333 cm³/mol. The lowest BCUT2D eigenvalue weighted by atomic mass is 9.94. The van der Waals surface area contributed by atoms with Crippen LogP contribution in [0.4, 0.5) is 5.69 Å². The molecular weight excluding hydrogens is 1300 g/mol. The molecule has 95 heavy (non-hydrogen) atoms. The second-order valence-corrected chi connectivity index (χ2v) is 24.5. The van der Waals surface area contributed by atoms with E-state index in [4.69, 9.17) is 38.4 Å². The van der Waals surface area contributed by atoms with Crippen LogP contribution in [0.25, 0.3) is 22.5 Å². The fraction of sp³-hybridized carbons (Fsp3) is 0.500. The zero-order valence-electron chi connectivity index (χ0n) is 51.8. The summed E-state index contributed by atoms with van der Waals surface area (Å²) in [5.74, 6) is -10.0. The summed E-state index contributed by atoms with van der Waals surface area (Å²) >= 11 is 0. The molecule has 0 bridgehead atoms. The Morgan fingerprint density at radius 3 is 1.69 bits per heavy atom. The molecule has 0 saturated carbocycles. The standard InChI is InChI=1S/C60H81N7O26P2/c68-42(25-29-88-31-33-90-35-36-91-34-32-89-30-26-51(70)62-46(58(77)78)20-22-50(69)61-45(57(75)76)13-8-28-92-94(83,84)65-47(59(79)80)21-24-53(72)73)19-23-52(71)66-37-41-10-3-4-11-43(41)55-54(44-12-5-6-14-49(44)66)64-67(55)27-7-1-2-9-39-15-17-40(18-16-39)56(74)63-48(60(81)82)38-93-95(85,86)87/h3-6,10-12,14-18,45-48,64H,1-2,7-9,13,19-38H2,(H,61,69)(H,62,70)(H,63,74)(H,72,73)(H,75,76)(H,77,78)(H,79,80)(H,81,82)(H2,65,83,84)(H2,85,86,87)/t45-,46-,47-,48-/m0/s1. The number of Topliss-reactive ketones (excluding diaryl/α,β-unsaturated/α-hetero) is 1. The third kappa shape index (κ3) is 28.1. The van der Waals surface area contributed by atoms with E-state index in [-0.39, 0.29) is 115 Å². The molecule has 0 fully saturated rings. The Morgan fingerprint density at radius 2 is 1.08 bits per heavy atom. The first kappa shape index (κ1) is 77.7. The number of carbonyl (C=O) groups is 10. The number of anilines is 1. The molecule has 4 amide bonds. The molecule has 33 nitrogen and oxygen atoms in total. The summed E-state index contributed by atoms with van der Waals surface area (Å²) in [6, 6.07) is 15.7. The molecule has 1 aliphatic heterocycles. The Kier molecular flexibility index (Phi) is 32.5. The second-order valence-electron chi connectivity index (χ2n) is 21.7. The van der Waals surface area contributed by atoms with Gasteiger partial charge in [-0.25, -0.2) is 28.6 Å². The lowest BCUT2D eigenvalue weighted by Crippen LogP contribution is -2.44. The normalized spacial score (nSPS) is 13.9. The average molecular weight is 1380 g/mol. The number of aliphatic carboxylic acids is 5. The Hall–Kier alpha value is -8.04. The maximum Gasteiger partial charge on any atom is 0.469 e. The van der Waals surface area contributed by atoms with E-state index >= 15 is 0 Å². The number of H-pyrrole nitrogens is 1. The number of phosphoric acid groups is 1. The highest BCUT2D eigenvalue weighted by molar-refractivity contribution is 7.50. The van der Waals surface area contributed by atoms with Crippen LogP contribution < -0.4 is 25.9 Å². The molecule has 3 aromatic carbocycles. The number of carboxylic acid groups (broad SMARTS) is 5. The van der Waals surface area contributed by atoms with Crippen molar-refractivity contribution < 1.29 is 125 Å². The summed E-state index contributed by atoms with van der Waals surface area (Å²) in [5, 5.41) is 58.4. The van der Waals surface area contributed by atoms with Crippen molar-refractivity contribution >= 4 is 80.5 Å². The average Bonchev–Trinajstić information content (AvgIpc) is 0.737. The molecule has 5 rings (SSSR count). The number of amides is 4. The van der Waals surface area contributed by atoms with Gasteiger partial charge in [0, 0.05) is 61.8 Å². The van der Waals surface area contributed by atoms with Gasteiger partial charge >= 0.3 is 45.4 Å². The Bertz CT molecular complexity index is 3330. The molecule has 13 N–H and O–H groups in total. The maximum absolute atomic E-state index is 14.0. The van der Waals surface area contributed by atoms with Crippen molar-refractivity contribution in [1.29, 1.82) is 0 Å². The number of carbonyl (C=O) groups excluding carboxylic acids is 5. The lowest BCUT2D eigenvalue weighted by Gasteiger charge is -2.33. The number of nitrogens with one attached hydrogen (secondary N) is 5. The number of unbranched alkanes of at least 4 members (excludes halogenated alkanes) is 2. The van der Waals surface area contributed by atoms with Gasteiger partial charge in [0.15, 0.2) is 6.04 Å².